The Morgan fingerprint density at radius 3 is 1.44 bits per heavy atom. The molecule has 0 saturated heterocycles. The molecule has 0 aliphatic carbocycles. The van der Waals surface area contributed by atoms with Gasteiger partial charge < -0.3 is 20.3 Å². The van der Waals surface area contributed by atoms with Crippen molar-refractivity contribution in [3.05, 3.63) is 24.3 Å². The predicted molar refractivity (Wildman–Crippen MR) is 213 cm³/mol. The maximum Gasteiger partial charge on any atom is 0.305 e. The standard InChI is InChI=1S/C44H83NO5/c1-3-5-7-9-11-13-17-22-26-30-34-38-44(49)50-39-35-31-27-23-19-16-14-15-18-21-25-29-33-37-43(48)45-41(40-46)42(47)36-32-28-24-20-12-10-8-6-4-2/h15,18,32,36,41-42,46-47H,3-14,16-17,19-31,33-35,37-40H2,1-2H3,(H,45,48)/b18-15-,36-32+. The van der Waals surface area contributed by atoms with Crippen molar-refractivity contribution in [1.82, 2.24) is 5.32 Å². The van der Waals surface area contributed by atoms with E-state index in [0.717, 1.165) is 70.6 Å². The highest BCUT2D eigenvalue weighted by molar-refractivity contribution is 5.76. The number of carbonyl (C=O) groups is 2. The van der Waals surface area contributed by atoms with Crippen LogP contribution in [-0.2, 0) is 14.3 Å². The second-order valence-corrected chi connectivity index (χ2v) is 14.7. The van der Waals surface area contributed by atoms with E-state index in [2.05, 4.69) is 31.3 Å². The SMILES string of the molecule is CCCCCCCCC/C=C/C(O)C(CO)NC(=O)CCCCC/C=C\CCCCCCCCOC(=O)CCCCCCCCCCCCC. The Bertz CT molecular complexity index is 782. The van der Waals surface area contributed by atoms with Crippen LogP contribution in [0.25, 0.3) is 0 Å². The van der Waals surface area contributed by atoms with E-state index < -0.39 is 12.1 Å². The lowest BCUT2D eigenvalue weighted by atomic mass is 10.1. The van der Waals surface area contributed by atoms with Crippen molar-refractivity contribution in [3.63, 3.8) is 0 Å². The van der Waals surface area contributed by atoms with Crippen LogP contribution in [0.4, 0.5) is 0 Å². The van der Waals surface area contributed by atoms with Gasteiger partial charge in [-0.15, -0.1) is 0 Å². The minimum atomic E-state index is -0.858. The van der Waals surface area contributed by atoms with Crippen LogP contribution >= 0.6 is 0 Å². The Balaban J connectivity index is 3.53. The molecule has 6 heteroatoms. The molecule has 2 unspecified atom stereocenters. The smallest absolute Gasteiger partial charge is 0.305 e. The maximum atomic E-state index is 12.3. The normalized spacial score (nSPS) is 13.0. The fourth-order valence-electron chi connectivity index (χ4n) is 6.33. The summed E-state index contributed by atoms with van der Waals surface area (Å²) in [5, 5.41) is 22.8. The Kier molecular flexibility index (Phi) is 38.8. The monoisotopic (exact) mass is 706 g/mol. The lowest BCUT2D eigenvalue weighted by Gasteiger charge is -2.19. The lowest BCUT2D eigenvalue weighted by Crippen LogP contribution is -2.45. The summed E-state index contributed by atoms with van der Waals surface area (Å²) in [5.41, 5.74) is 0. The zero-order valence-electron chi connectivity index (χ0n) is 33.1. The molecule has 6 nitrogen and oxygen atoms in total. The highest BCUT2D eigenvalue weighted by Gasteiger charge is 2.17. The topological polar surface area (TPSA) is 95.9 Å². The highest BCUT2D eigenvalue weighted by atomic mass is 16.5. The molecule has 1 amide bonds. The third-order valence-electron chi connectivity index (χ3n) is 9.72. The number of aliphatic hydroxyl groups excluding tert-OH is 2. The average Bonchev–Trinajstić information content (AvgIpc) is 3.11. The molecule has 0 aliphatic rings. The molecule has 0 fully saturated rings. The third-order valence-corrected chi connectivity index (χ3v) is 9.72. The van der Waals surface area contributed by atoms with Gasteiger partial charge in [0.05, 0.1) is 25.4 Å². The number of hydrogen-bond acceptors (Lipinski definition) is 5. The van der Waals surface area contributed by atoms with Gasteiger partial charge in [0.25, 0.3) is 0 Å². The fraction of sp³-hybridized carbons (Fsp3) is 0.864. The molecule has 0 aliphatic heterocycles. The number of unbranched alkanes of at least 4 members (excludes halogenated alkanes) is 26. The molecule has 0 aromatic heterocycles. The average molecular weight is 706 g/mol. The largest absolute Gasteiger partial charge is 0.466 e. The van der Waals surface area contributed by atoms with Gasteiger partial charge >= 0.3 is 5.97 Å². The van der Waals surface area contributed by atoms with Crippen LogP contribution in [0.3, 0.4) is 0 Å². The zero-order chi connectivity index (χ0) is 36.6. The molecule has 3 N–H and O–H groups in total. The van der Waals surface area contributed by atoms with Crippen LogP contribution in [0.15, 0.2) is 24.3 Å². The molecule has 0 heterocycles. The van der Waals surface area contributed by atoms with Crippen molar-refractivity contribution >= 4 is 11.9 Å². The number of hydrogen-bond donors (Lipinski definition) is 3. The van der Waals surface area contributed by atoms with Gasteiger partial charge in [0.2, 0.25) is 5.91 Å². The second kappa shape index (κ2) is 40.1. The summed E-state index contributed by atoms with van der Waals surface area (Å²) in [6.45, 7) is 4.81. The quantitative estimate of drug-likeness (QED) is 0.0336. The molecule has 0 spiro atoms. The number of rotatable bonds is 39. The molecular weight excluding hydrogens is 622 g/mol. The van der Waals surface area contributed by atoms with Gasteiger partial charge in [-0.3, -0.25) is 9.59 Å². The first kappa shape index (κ1) is 48.3. The van der Waals surface area contributed by atoms with Crippen molar-refractivity contribution in [2.75, 3.05) is 13.2 Å². The number of aliphatic hydroxyl groups is 2. The van der Waals surface area contributed by atoms with Crippen molar-refractivity contribution in [3.8, 4) is 0 Å². The molecule has 0 aromatic rings. The molecule has 0 saturated carbocycles. The van der Waals surface area contributed by atoms with Crippen LogP contribution in [0.1, 0.15) is 219 Å². The minimum Gasteiger partial charge on any atom is -0.466 e. The van der Waals surface area contributed by atoms with Crippen LogP contribution in [0.5, 0.6) is 0 Å². The number of esters is 1. The van der Waals surface area contributed by atoms with Gasteiger partial charge in [0.1, 0.15) is 0 Å². The number of ether oxygens (including phenoxy) is 1. The summed E-state index contributed by atoms with van der Waals surface area (Å²) in [7, 11) is 0. The summed E-state index contributed by atoms with van der Waals surface area (Å²) in [6.07, 6.45) is 44.5. The summed E-state index contributed by atoms with van der Waals surface area (Å²) < 4.78 is 5.42. The van der Waals surface area contributed by atoms with Gasteiger partial charge in [-0.25, -0.2) is 0 Å². The van der Waals surface area contributed by atoms with E-state index >= 15 is 0 Å². The van der Waals surface area contributed by atoms with Crippen molar-refractivity contribution in [1.29, 1.82) is 0 Å². The summed E-state index contributed by atoms with van der Waals surface area (Å²) in [4.78, 5) is 24.2. The third kappa shape index (κ3) is 36.1. The molecule has 294 valence electrons. The fourth-order valence-corrected chi connectivity index (χ4v) is 6.33. The first-order valence-electron chi connectivity index (χ1n) is 21.6. The van der Waals surface area contributed by atoms with Gasteiger partial charge in [-0.05, 0) is 57.8 Å². The summed E-state index contributed by atoms with van der Waals surface area (Å²) in [6, 6.07) is -0.644. The van der Waals surface area contributed by atoms with Crippen molar-refractivity contribution in [2.24, 2.45) is 0 Å². The Morgan fingerprint density at radius 2 is 0.940 bits per heavy atom. The molecule has 2 atom stereocenters. The molecule has 0 bridgehead atoms. The van der Waals surface area contributed by atoms with E-state index in [1.54, 1.807) is 6.08 Å². The first-order chi connectivity index (χ1) is 24.5. The van der Waals surface area contributed by atoms with Crippen LogP contribution in [0.2, 0.25) is 0 Å². The Hall–Kier alpha value is -1.66. The molecule has 0 radical (unpaired) electrons. The van der Waals surface area contributed by atoms with Gasteiger partial charge in [-0.2, -0.15) is 0 Å². The zero-order valence-corrected chi connectivity index (χ0v) is 33.1. The van der Waals surface area contributed by atoms with Gasteiger partial charge in [-0.1, -0.05) is 173 Å². The van der Waals surface area contributed by atoms with Gasteiger partial charge in [0.15, 0.2) is 0 Å². The second-order valence-electron chi connectivity index (χ2n) is 14.7. The molecule has 0 aromatic carbocycles. The maximum absolute atomic E-state index is 12.3. The predicted octanol–water partition coefficient (Wildman–Crippen LogP) is 12.0. The summed E-state index contributed by atoms with van der Waals surface area (Å²) in [5.74, 6) is -0.118. The highest BCUT2D eigenvalue weighted by Crippen LogP contribution is 2.14. The van der Waals surface area contributed by atoms with E-state index in [1.807, 2.05) is 6.08 Å². The summed E-state index contributed by atoms with van der Waals surface area (Å²) >= 11 is 0. The van der Waals surface area contributed by atoms with Crippen molar-refractivity contribution < 1.29 is 24.5 Å². The van der Waals surface area contributed by atoms with Crippen LogP contribution in [0, 0.1) is 0 Å². The van der Waals surface area contributed by atoms with E-state index in [0.29, 0.717) is 19.4 Å². The van der Waals surface area contributed by atoms with Crippen LogP contribution < -0.4 is 5.32 Å². The first-order valence-corrected chi connectivity index (χ1v) is 21.6. The number of allylic oxidation sites excluding steroid dienone is 3. The molecule has 0 rings (SSSR count). The van der Waals surface area contributed by atoms with Crippen LogP contribution in [-0.4, -0.2) is 47.4 Å². The van der Waals surface area contributed by atoms with E-state index in [4.69, 9.17) is 4.74 Å². The van der Waals surface area contributed by atoms with E-state index in [9.17, 15) is 19.8 Å². The lowest BCUT2D eigenvalue weighted by molar-refractivity contribution is -0.143. The molecular formula is C44H83NO5. The Labute approximate surface area is 310 Å². The van der Waals surface area contributed by atoms with E-state index in [1.165, 1.54) is 122 Å². The number of nitrogens with one attached hydrogen (secondary N) is 1. The van der Waals surface area contributed by atoms with Gasteiger partial charge in [0, 0.05) is 12.8 Å². The van der Waals surface area contributed by atoms with Crippen molar-refractivity contribution in [2.45, 2.75) is 231 Å². The number of carbonyl (C=O) groups excluding carboxylic acids is 2. The minimum absolute atomic E-state index is 0.0157. The van der Waals surface area contributed by atoms with E-state index in [-0.39, 0.29) is 18.5 Å². The number of amides is 1. The Morgan fingerprint density at radius 1 is 0.540 bits per heavy atom. The molecule has 50 heavy (non-hydrogen) atoms.